The minimum atomic E-state index is -0.450. The standard InChI is InChI=1S/C9H13Br2N3OS/c1-3-4-12-7(16)14-13-6(15)8(2)5-9(8,10)11/h3H,1,4-5H2,2H3,(H,13,15)(H2,12,14,16). The van der Waals surface area contributed by atoms with Gasteiger partial charge in [-0.2, -0.15) is 0 Å². The molecule has 1 saturated carbocycles. The maximum Gasteiger partial charge on any atom is 0.246 e. The molecule has 0 aliphatic heterocycles. The molecule has 1 atom stereocenters. The summed E-state index contributed by atoms with van der Waals surface area (Å²) in [5.74, 6) is -0.107. The third-order valence-electron chi connectivity index (χ3n) is 2.46. The first-order chi connectivity index (χ1) is 7.33. The number of hydrazine groups is 1. The lowest BCUT2D eigenvalue weighted by Crippen LogP contribution is -2.49. The van der Waals surface area contributed by atoms with E-state index >= 15 is 0 Å². The van der Waals surface area contributed by atoms with Crippen LogP contribution in [0.3, 0.4) is 0 Å². The lowest BCUT2D eigenvalue weighted by molar-refractivity contribution is -0.126. The quantitative estimate of drug-likeness (QED) is 0.305. The van der Waals surface area contributed by atoms with Gasteiger partial charge in [0.15, 0.2) is 5.11 Å². The van der Waals surface area contributed by atoms with E-state index in [-0.39, 0.29) is 9.14 Å². The molecule has 0 spiro atoms. The van der Waals surface area contributed by atoms with Crippen LogP contribution in [-0.4, -0.2) is 20.8 Å². The molecule has 1 fully saturated rings. The van der Waals surface area contributed by atoms with E-state index in [0.29, 0.717) is 11.7 Å². The first-order valence-electron chi connectivity index (χ1n) is 4.66. The van der Waals surface area contributed by atoms with E-state index in [1.165, 1.54) is 0 Å². The summed E-state index contributed by atoms with van der Waals surface area (Å²) in [5, 5.41) is 3.21. The number of hydrogen-bond donors (Lipinski definition) is 3. The van der Waals surface area contributed by atoms with Crippen molar-refractivity contribution in [2.24, 2.45) is 5.41 Å². The molecule has 0 bridgehead atoms. The Kier molecular flexibility index (Phi) is 4.36. The lowest BCUT2D eigenvalue weighted by Gasteiger charge is -2.15. The number of hydrogen-bond acceptors (Lipinski definition) is 2. The zero-order chi connectivity index (χ0) is 12.4. The summed E-state index contributed by atoms with van der Waals surface area (Å²) in [7, 11) is 0. The topological polar surface area (TPSA) is 53.2 Å². The number of carbonyl (C=O) groups is 1. The highest BCUT2D eigenvalue weighted by Crippen LogP contribution is 2.66. The van der Waals surface area contributed by atoms with Crippen molar-refractivity contribution in [2.75, 3.05) is 6.54 Å². The van der Waals surface area contributed by atoms with Gasteiger partial charge in [0.05, 0.1) is 8.65 Å². The van der Waals surface area contributed by atoms with Gasteiger partial charge in [-0.3, -0.25) is 15.6 Å². The second-order valence-corrected chi connectivity index (χ2v) is 7.97. The molecule has 1 aliphatic rings. The Hall–Kier alpha value is -0.140. The Balaban J connectivity index is 2.32. The van der Waals surface area contributed by atoms with Gasteiger partial charge in [-0.15, -0.1) is 6.58 Å². The van der Waals surface area contributed by atoms with E-state index in [1.54, 1.807) is 6.08 Å². The van der Waals surface area contributed by atoms with E-state index in [1.807, 2.05) is 6.92 Å². The number of amides is 1. The largest absolute Gasteiger partial charge is 0.358 e. The smallest absolute Gasteiger partial charge is 0.246 e. The Morgan fingerprint density at radius 1 is 1.56 bits per heavy atom. The van der Waals surface area contributed by atoms with Gasteiger partial charge in [0.1, 0.15) is 0 Å². The molecule has 0 heterocycles. The van der Waals surface area contributed by atoms with Crippen molar-refractivity contribution < 1.29 is 4.79 Å². The molecule has 0 aromatic carbocycles. The van der Waals surface area contributed by atoms with Crippen LogP contribution in [0.25, 0.3) is 0 Å². The second-order valence-electron chi connectivity index (χ2n) is 3.79. The summed E-state index contributed by atoms with van der Waals surface area (Å²) in [6.45, 7) is 5.97. The molecule has 3 N–H and O–H groups in total. The van der Waals surface area contributed by atoms with E-state index in [4.69, 9.17) is 12.2 Å². The molecule has 0 aromatic heterocycles. The first-order valence-corrected chi connectivity index (χ1v) is 6.66. The molecule has 0 saturated heterocycles. The summed E-state index contributed by atoms with van der Waals surface area (Å²) in [6.07, 6.45) is 2.42. The summed E-state index contributed by atoms with van der Waals surface area (Å²) >= 11 is 11.8. The molecule has 0 aromatic rings. The van der Waals surface area contributed by atoms with E-state index in [2.05, 4.69) is 54.6 Å². The van der Waals surface area contributed by atoms with Crippen LogP contribution in [0.4, 0.5) is 0 Å². The number of halogens is 2. The van der Waals surface area contributed by atoms with Crippen molar-refractivity contribution in [3.05, 3.63) is 12.7 Å². The van der Waals surface area contributed by atoms with Gasteiger partial charge < -0.3 is 5.32 Å². The van der Waals surface area contributed by atoms with E-state index < -0.39 is 5.41 Å². The summed E-state index contributed by atoms with van der Waals surface area (Å²) in [4.78, 5) is 11.8. The van der Waals surface area contributed by atoms with Crippen molar-refractivity contribution in [3.63, 3.8) is 0 Å². The van der Waals surface area contributed by atoms with Crippen LogP contribution in [0.1, 0.15) is 13.3 Å². The minimum Gasteiger partial charge on any atom is -0.358 e. The van der Waals surface area contributed by atoms with Crippen LogP contribution >= 0.6 is 44.1 Å². The Labute approximate surface area is 117 Å². The fraction of sp³-hybridized carbons (Fsp3) is 0.556. The lowest BCUT2D eigenvalue weighted by atomic mass is 10.1. The number of nitrogens with one attached hydrogen (secondary N) is 3. The normalized spacial score (nSPS) is 25.4. The maximum atomic E-state index is 11.8. The molecule has 7 heteroatoms. The molecule has 1 amide bonds. The molecule has 1 aliphatic carbocycles. The molecule has 0 radical (unpaired) electrons. The number of rotatable bonds is 3. The van der Waals surface area contributed by atoms with Crippen LogP contribution in [0, 0.1) is 5.41 Å². The molecule has 1 unspecified atom stereocenters. The minimum absolute atomic E-state index is 0.107. The zero-order valence-electron chi connectivity index (χ0n) is 8.77. The van der Waals surface area contributed by atoms with Crippen LogP contribution in [-0.2, 0) is 4.79 Å². The average molecular weight is 371 g/mol. The second kappa shape index (κ2) is 5.01. The first kappa shape index (κ1) is 13.9. The van der Waals surface area contributed by atoms with Crippen molar-refractivity contribution in [1.82, 2.24) is 16.2 Å². The van der Waals surface area contributed by atoms with E-state index in [9.17, 15) is 4.79 Å². The molecule has 4 nitrogen and oxygen atoms in total. The highest BCUT2D eigenvalue weighted by atomic mass is 79.9. The molecular weight excluding hydrogens is 358 g/mol. The van der Waals surface area contributed by atoms with Crippen LogP contribution in [0.5, 0.6) is 0 Å². The third-order valence-corrected chi connectivity index (χ3v) is 5.01. The van der Waals surface area contributed by atoms with Gasteiger partial charge in [-0.25, -0.2) is 0 Å². The van der Waals surface area contributed by atoms with Gasteiger partial charge in [0.25, 0.3) is 0 Å². The fourth-order valence-electron chi connectivity index (χ4n) is 1.11. The monoisotopic (exact) mass is 369 g/mol. The Bertz CT molecular complexity index is 335. The number of carbonyl (C=O) groups excluding carboxylic acids is 1. The van der Waals surface area contributed by atoms with Gasteiger partial charge in [0, 0.05) is 6.54 Å². The third kappa shape index (κ3) is 2.95. The number of alkyl halides is 2. The van der Waals surface area contributed by atoms with Gasteiger partial charge in [0.2, 0.25) is 5.91 Å². The predicted octanol–water partition coefficient (Wildman–Crippen LogP) is 1.56. The molecular formula is C9H13Br2N3OS. The number of thiocarbonyl (C=S) groups is 1. The predicted molar refractivity (Wildman–Crippen MR) is 75.4 cm³/mol. The molecule has 16 heavy (non-hydrogen) atoms. The van der Waals surface area contributed by atoms with Crippen LogP contribution < -0.4 is 16.2 Å². The fourth-order valence-corrected chi connectivity index (χ4v) is 2.72. The highest BCUT2D eigenvalue weighted by molar-refractivity contribution is 9.25. The van der Waals surface area contributed by atoms with E-state index in [0.717, 1.165) is 6.42 Å². The van der Waals surface area contributed by atoms with Crippen LogP contribution in [0.15, 0.2) is 12.7 Å². The van der Waals surface area contributed by atoms with Crippen LogP contribution in [0.2, 0.25) is 0 Å². The van der Waals surface area contributed by atoms with Crippen molar-refractivity contribution >= 4 is 55.1 Å². The maximum absolute atomic E-state index is 11.8. The van der Waals surface area contributed by atoms with Gasteiger partial charge >= 0.3 is 0 Å². The SMILES string of the molecule is C=CCNC(=S)NNC(=O)C1(C)CC1(Br)Br. The van der Waals surface area contributed by atoms with Gasteiger partial charge in [-0.1, -0.05) is 37.9 Å². The Morgan fingerprint density at radius 3 is 2.56 bits per heavy atom. The Morgan fingerprint density at radius 2 is 2.12 bits per heavy atom. The zero-order valence-corrected chi connectivity index (χ0v) is 12.8. The summed E-state index contributed by atoms with van der Waals surface area (Å²) in [6, 6.07) is 0. The summed E-state index contributed by atoms with van der Waals surface area (Å²) in [5.41, 5.74) is 4.75. The summed E-state index contributed by atoms with van der Waals surface area (Å²) < 4.78 is -0.297. The molecule has 1 rings (SSSR count). The molecule has 90 valence electrons. The van der Waals surface area contributed by atoms with Crippen molar-refractivity contribution in [3.8, 4) is 0 Å². The average Bonchev–Trinajstić information content (AvgIpc) is 2.73. The van der Waals surface area contributed by atoms with Crippen molar-refractivity contribution in [2.45, 2.75) is 16.6 Å². The highest BCUT2D eigenvalue weighted by Gasteiger charge is 2.66. The van der Waals surface area contributed by atoms with Gasteiger partial charge in [-0.05, 0) is 25.6 Å². The van der Waals surface area contributed by atoms with Crippen molar-refractivity contribution in [1.29, 1.82) is 0 Å².